The first-order valence-electron chi connectivity index (χ1n) is 4.85. The minimum atomic E-state index is 0.884. The highest BCUT2D eigenvalue weighted by Gasteiger charge is 2.14. The van der Waals surface area contributed by atoms with Gasteiger partial charge in [0.2, 0.25) is 0 Å². The van der Waals surface area contributed by atoms with Gasteiger partial charge in [0.05, 0.1) is 0 Å². The third kappa shape index (κ3) is 4.04. The molecule has 0 aromatic carbocycles. The van der Waals surface area contributed by atoms with Crippen LogP contribution in [-0.4, -0.2) is 19.3 Å². The summed E-state index contributed by atoms with van der Waals surface area (Å²) < 4.78 is 0. The SMILES string of the molecule is C=C/C=C(/C)N=CCCC1CNC1. The summed E-state index contributed by atoms with van der Waals surface area (Å²) in [6.07, 6.45) is 8.05. The predicted octanol–water partition coefficient (Wildman–Crippen LogP) is 2.15. The lowest BCUT2D eigenvalue weighted by Crippen LogP contribution is -2.41. The summed E-state index contributed by atoms with van der Waals surface area (Å²) in [7, 11) is 0. The molecule has 1 N–H and O–H groups in total. The summed E-state index contributed by atoms with van der Waals surface area (Å²) >= 11 is 0. The van der Waals surface area contributed by atoms with Crippen molar-refractivity contribution < 1.29 is 0 Å². The Bertz CT molecular complexity index is 212. The van der Waals surface area contributed by atoms with E-state index in [2.05, 4.69) is 16.9 Å². The van der Waals surface area contributed by atoms with Crippen molar-refractivity contribution >= 4 is 6.21 Å². The van der Waals surface area contributed by atoms with Gasteiger partial charge >= 0.3 is 0 Å². The van der Waals surface area contributed by atoms with Crippen LogP contribution in [0.25, 0.3) is 0 Å². The Morgan fingerprint density at radius 3 is 2.92 bits per heavy atom. The highest BCUT2D eigenvalue weighted by atomic mass is 14.9. The van der Waals surface area contributed by atoms with Crippen LogP contribution in [0.4, 0.5) is 0 Å². The third-order valence-corrected chi connectivity index (χ3v) is 2.22. The molecule has 0 amide bonds. The molecule has 0 unspecified atom stereocenters. The van der Waals surface area contributed by atoms with Crippen molar-refractivity contribution in [1.29, 1.82) is 0 Å². The summed E-state index contributed by atoms with van der Waals surface area (Å²) in [6, 6.07) is 0. The zero-order chi connectivity index (χ0) is 9.52. The number of nitrogens with one attached hydrogen (secondary N) is 1. The van der Waals surface area contributed by atoms with Crippen LogP contribution in [0.3, 0.4) is 0 Å². The molecule has 0 aliphatic carbocycles. The molecule has 2 heteroatoms. The molecule has 0 saturated carbocycles. The molecular formula is C11H18N2. The van der Waals surface area contributed by atoms with Crippen LogP contribution in [0.15, 0.2) is 29.4 Å². The van der Waals surface area contributed by atoms with E-state index in [4.69, 9.17) is 0 Å². The van der Waals surface area contributed by atoms with Gasteiger partial charge in [0.15, 0.2) is 0 Å². The molecule has 1 heterocycles. The van der Waals surface area contributed by atoms with Gasteiger partial charge in [-0.1, -0.05) is 12.7 Å². The average Bonchev–Trinajstić information content (AvgIpc) is 2.01. The Kier molecular flexibility index (Phi) is 4.47. The number of rotatable bonds is 5. The second-order valence-electron chi connectivity index (χ2n) is 3.46. The van der Waals surface area contributed by atoms with E-state index >= 15 is 0 Å². The van der Waals surface area contributed by atoms with Gasteiger partial charge in [-0.3, -0.25) is 4.99 Å². The van der Waals surface area contributed by atoms with Crippen molar-refractivity contribution in [2.75, 3.05) is 13.1 Å². The van der Waals surface area contributed by atoms with Crippen LogP contribution >= 0.6 is 0 Å². The van der Waals surface area contributed by atoms with E-state index in [9.17, 15) is 0 Å². The van der Waals surface area contributed by atoms with Crippen LogP contribution in [0.5, 0.6) is 0 Å². The summed E-state index contributed by atoms with van der Waals surface area (Å²) in [5.41, 5.74) is 1.03. The minimum absolute atomic E-state index is 0.884. The molecule has 1 fully saturated rings. The Morgan fingerprint density at radius 1 is 1.62 bits per heavy atom. The van der Waals surface area contributed by atoms with E-state index in [0.29, 0.717) is 0 Å². The molecular weight excluding hydrogens is 160 g/mol. The number of hydrogen-bond acceptors (Lipinski definition) is 2. The summed E-state index contributed by atoms with van der Waals surface area (Å²) in [5.74, 6) is 0.884. The standard InChI is InChI=1S/C11H18N2/c1-3-5-10(2)13-7-4-6-11-8-12-9-11/h3,5,7,11-12H,1,4,6,8-9H2,2H3/b10-5-,13-7?. The van der Waals surface area contributed by atoms with Crippen LogP contribution in [-0.2, 0) is 0 Å². The molecule has 1 rings (SSSR count). The predicted molar refractivity (Wildman–Crippen MR) is 58.0 cm³/mol. The van der Waals surface area contributed by atoms with Gasteiger partial charge in [0, 0.05) is 11.9 Å². The molecule has 0 radical (unpaired) electrons. The fourth-order valence-corrected chi connectivity index (χ4v) is 1.28. The highest BCUT2D eigenvalue weighted by molar-refractivity contribution is 5.58. The van der Waals surface area contributed by atoms with Crippen molar-refractivity contribution in [3.63, 3.8) is 0 Å². The van der Waals surface area contributed by atoms with E-state index in [0.717, 1.165) is 18.0 Å². The maximum absolute atomic E-state index is 4.29. The lowest BCUT2D eigenvalue weighted by molar-refractivity contribution is 0.333. The lowest BCUT2D eigenvalue weighted by atomic mass is 9.98. The Hall–Kier alpha value is -0.890. The molecule has 1 saturated heterocycles. The quantitative estimate of drug-likeness (QED) is 0.506. The topological polar surface area (TPSA) is 24.4 Å². The van der Waals surface area contributed by atoms with Gasteiger partial charge in [-0.05, 0) is 44.8 Å². The van der Waals surface area contributed by atoms with E-state index in [1.165, 1.54) is 19.5 Å². The van der Waals surface area contributed by atoms with E-state index < -0.39 is 0 Å². The smallest absolute Gasteiger partial charge is 0.0368 e. The molecule has 72 valence electrons. The van der Waals surface area contributed by atoms with Gasteiger partial charge in [-0.15, -0.1) is 0 Å². The maximum atomic E-state index is 4.29. The van der Waals surface area contributed by atoms with Crippen LogP contribution in [0.1, 0.15) is 19.8 Å². The minimum Gasteiger partial charge on any atom is -0.316 e. The molecule has 0 aromatic rings. The lowest BCUT2D eigenvalue weighted by Gasteiger charge is -2.26. The number of aliphatic imine (C=N–C) groups is 1. The van der Waals surface area contributed by atoms with Crippen LogP contribution in [0, 0.1) is 5.92 Å². The van der Waals surface area contributed by atoms with Crippen molar-refractivity contribution in [3.8, 4) is 0 Å². The van der Waals surface area contributed by atoms with Crippen LogP contribution < -0.4 is 5.32 Å². The highest BCUT2D eigenvalue weighted by Crippen LogP contribution is 2.09. The summed E-state index contributed by atoms with van der Waals surface area (Å²) in [4.78, 5) is 4.29. The maximum Gasteiger partial charge on any atom is 0.0368 e. The fourth-order valence-electron chi connectivity index (χ4n) is 1.28. The first-order valence-corrected chi connectivity index (χ1v) is 4.85. The monoisotopic (exact) mass is 178 g/mol. The zero-order valence-corrected chi connectivity index (χ0v) is 8.29. The second kappa shape index (κ2) is 5.70. The normalized spacial score (nSPS) is 19.0. The number of allylic oxidation sites excluding steroid dienone is 3. The van der Waals surface area contributed by atoms with Gasteiger partial charge in [0.25, 0.3) is 0 Å². The van der Waals surface area contributed by atoms with Gasteiger partial charge in [0.1, 0.15) is 0 Å². The first-order chi connectivity index (χ1) is 6.33. The summed E-state index contributed by atoms with van der Waals surface area (Å²) in [6.45, 7) is 7.99. The molecule has 1 aliphatic rings. The zero-order valence-electron chi connectivity index (χ0n) is 8.29. The first kappa shape index (κ1) is 10.2. The number of hydrogen-bond donors (Lipinski definition) is 1. The molecule has 0 bridgehead atoms. The molecule has 0 atom stereocenters. The second-order valence-corrected chi connectivity index (χ2v) is 3.46. The van der Waals surface area contributed by atoms with E-state index in [1.54, 1.807) is 6.08 Å². The fraction of sp³-hybridized carbons (Fsp3) is 0.545. The van der Waals surface area contributed by atoms with Gasteiger partial charge in [-0.2, -0.15) is 0 Å². The molecule has 1 aliphatic heterocycles. The Balaban J connectivity index is 2.09. The van der Waals surface area contributed by atoms with Crippen molar-refractivity contribution in [1.82, 2.24) is 5.32 Å². The van der Waals surface area contributed by atoms with E-state index in [-0.39, 0.29) is 0 Å². The van der Waals surface area contributed by atoms with Crippen molar-refractivity contribution in [3.05, 3.63) is 24.4 Å². The molecule has 13 heavy (non-hydrogen) atoms. The Morgan fingerprint density at radius 2 is 2.38 bits per heavy atom. The van der Waals surface area contributed by atoms with Gasteiger partial charge in [-0.25, -0.2) is 0 Å². The number of nitrogens with zero attached hydrogens (tertiary/aromatic N) is 1. The molecule has 0 aromatic heterocycles. The van der Waals surface area contributed by atoms with Crippen molar-refractivity contribution in [2.45, 2.75) is 19.8 Å². The largest absolute Gasteiger partial charge is 0.316 e. The third-order valence-electron chi connectivity index (χ3n) is 2.22. The van der Waals surface area contributed by atoms with Gasteiger partial charge < -0.3 is 5.32 Å². The summed E-state index contributed by atoms with van der Waals surface area (Å²) in [5, 5.41) is 3.26. The van der Waals surface area contributed by atoms with Crippen LogP contribution in [0.2, 0.25) is 0 Å². The molecule has 2 nitrogen and oxygen atoms in total. The van der Waals surface area contributed by atoms with Crippen molar-refractivity contribution in [2.24, 2.45) is 10.9 Å². The Labute approximate surface area is 80.4 Å². The molecule has 0 spiro atoms. The van der Waals surface area contributed by atoms with E-state index in [1.807, 2.05) is 19.2 Å². The average molecular weight is 178 g/mol.